The third-order valence-corrected chi connectivity index (χ3v) is 3.92. The maximum Gasteiger partial charge on any atom is 0.0395 e. The number of aryl methyl sites for hydroxylation is 1. The Morgan fingerprint density at radius 3 is 2.90 bits per heavy atom. The van der Waals surface area contributed by atoms with E-state index in [9.17, 15) is 0 Å². The molecule has 1 aromatic carbocycles. The number of fused-ring (bicyclic) bond motifs is 1. The van der Waals surface area contributed by atoms with Gasteiger partial charge >= 0.3 is 0 Å². The van der Waals surface area contributed by atoms with E-state index in [1.807, 2.05) is 11.3 Å². The van der Waals surface area contributed by atoms with E-state index in [-0.39, 0.29) is 0 Å². The van der Waals surface area contributed by atoms with Crippen molar-refractivity contribution in [3.63, 3.8) is 0 Å². The number of hydrogen-bond donors (Lipinski definition) is 0. The first kappa shape index (κ1) is 6.33. The maximum absolute atomic E-state index is 2.19. The summed E-state index contributed by atoms with van der Waals surface area (Å²) in [6.07, 6.45) is 0. The van der Waals surface area contributed by atoms with Crippen LogP contribution in [-0.4, -0.2) is 0 Å². The largest absolute Gasteiger partial charge is 0.135 e. The van der Waals surface area contributed by atoms with Crippen LogP contribution in [0.5, 0.6) is 0 Å². The molecule has 2 aromatic rings. The molecular formula is C8H7PS. The van der Waals surface area contributed by atoms with Crippen LogP contribution in [0.25, 0.3) is 9.82 Å². The molecule has 0 amide bonds. The summed E-state index contributed by atoms with van der Waals surface area (Å²) < 4.78 is 2.92. The lowest BCUT2D eigenvalue weighted by atomic mass is 10.4. The fourth-order valence-corrected chi connectivity index (χ4v) is 3.36. The Bertz CT molecular complexity index is 318. The minimum atomic E-state index is 1.40. The molecule has 0 atom stereocenters. The monoisotopic (exact) mass is 166 g/mol. The summed E-state index contributed by atoms with van der Waals surface area (Å²) in [5.74, 6) is 0. The highest BCUT2D eigenvalue weighted by Gasteiger charge is 1.94. The topological polar surface area (TPSA) is 0 Å². The molecule has 50 valence electrons. The molecule has 1 aromatic heterocycles. The van der Waals surface area contributed by atoms with Gasteiger partial charge in [0, 0.05) is 14.4 Å². The smallest absolute Gasteiger partial charge is 0.0395 e. The van der Waals surface area contributed by atoms with E-state index < -0.39 is 0 Å². The molecule has 0 N–H and O–H groups in total. The molecular weight excluding hydrogens is 159 g/mol. The molecule has 0 fully saturated rings. The standard InChI is InChI=1S/C8H7PS/c1-6-9-7-4-2-3-5-8(7)10-6/h2-5H,1H3. The third-order valence-electron chi connectivity index (χ3n) is 1.40. The van der Waals surface area contributed by atoms with Gasteiger partial charge in [0.05, 0.1) is 0 Å². The van der Waals surface area contributed by atoms with E-state index in [4.69, 9.17) is 0 Å². The van der Waals surface area contributed by atoms with Gasteiger partial charge in [-0.3, -0.25) is 0 Å². The molecule has 0 unspecified atom stereocenters. The summed E-state index contributed by atoms with van der Waals surface area (Å²) in [6, 6.07) is 8.58. The molecule has 0 saturated heterocycles. The zero-order valence-electron chi connectivity index (χ0n) is 5.66. The molecule has 1 heterocycles. The van der Waals surface area contributed by atoms with Crippen LogP contribution < -0.4 is 0 Å². The number of rotatable bonds is 0. The van der Waals surface area contributed by atoms with Crippen molar-refractivity contribution in [2.75, 3.05) is 0 Å². The molecule has 2 rings (SSSR count). The van der Waals surface area contributed by atoms with Crippen LogP contribution in [0.15, 0.2) is 24.3 Å². The second-order valence-corrected chi connectivity index (χ2v) is 5.14. The van der Waals surface area contributed by atoms with Crippen LogP contribution in [0.1, 0.15) is 4.61 Å². The zero-order valence-corrected chi connectivity index (χ0v) is 7.38. The van der Waals surface area contributed by atoms with Gasteiger partial charge < -0.3 is 0 Å². The van der Waals surface area contributed by atoms with Crippen molar-refractivity contribution in [1.29, 1.82) is 0 Å². The summed E-state index contributed by atoms with van der Waals surface area (Å²) in [7, 11) is 1.40. The maximum atomic E-state index is 2.19. The lowest BCUT2D eigenvalue weighted by Gasteiger charge is -1.81. The highest BCUT2D eigenvalue weighted by Crippen LogP contribution is 2.33. The molecule has 2 heteroatoms. The van der Waals surface area contributed by atoms with Crippen LogP contribution in [0.2, 0.25) is 0 Å². The first-order chi connectivity index (χ1) is 4.86. The van der Waals surface area contributed by atoms with E-state index in [0.29, 0.717) is 0 Å². The molecule has 0 aliphatic rings. The summed E-state index contributed by atoms with van der Waals surface area (Å²) in [6.45, 7) is 2.19. The van der Waals surface area contributed by atoms with Crippen LogP contribution in [0.3, 0.4) is 0 Å². The van der Waals surface area contributed by atoms with Crippen LogP contribution in [0, 0.1) is 6.92 Å². The SMILES string of the molecule is Cc1pc2ccccc2s1. The molecule has 0 spiro atoms. The van der Waals surface area contributed by atoms with Crippen molar-refractivity contribution in [1.82, 2.24) is 0 Å². The van der Waals surface area contributed by atoms with Gasteiger partial charge in [-0.15, -0.1) is 11.3 Å². The second-order valence-electron chi connectivity index (χ2n) is 2.20. The Morgan fingerprint density at radius 2 is 2.10 bits per heavy atom. The van der Waals surface area contributed by atoms with Gasteiger partial charge in [-0.2, -0.15) is 0 Å². The molecule has 0 radical (unpaired) electrons. The molecule has 0 saturated carbocycles. The van der Waals surface area contributed by atoms with E-state index in [1.165, 1.54) is 22.6 Å². The molecule has 0 aliphatic carbocycles. The molecule has 0 aliphatic heterocycles. The van der Waals surface area contributed by atoms with E-state index in [2.05, 4.69) is 31.2 Å². The van der Waals surface area contributed by atoms with Crippen molar-refractivity contribution < 1.29 is 0 Å². The Labute approximate surface area is 65.6 Å². The van der Waals surface area contributed by atoms with Crippen molar-refractivity contribution >= 4 is 29.3 Å². The lowest BCUT2D eigenvalue weighted by molar-refractivity contribution is 1.78. The Kier molecular flexibility index (Phi) is 1.48. The number of hydrogen-bond acceptors (Lipinski definition) is 1. The van der Waals surface area contributed by atoms with Gasteiger partial charge in [0.25, 0.3) is 0 Å². The van der Waals surface area contributed by atoms with E-state index in [1.54, 1.807) is 0 Å². The van der Waals surface area contributed by atoms with Crippen molar-refractivity contribution in [2.24, 2.45) is 0 Å². The van der Waals surface area contributed by atoms with Crippen LogP contribution in [-0.2, 0) is 0 Å². The summed E-state index contributed by atoms with van der Waals surface area (Å²) in [4.78, 5) is 0. The minimum Gasteiger partial charge on any atom is -0.135 e. The highest BCUT2D eigenvalue weighted by atomic mass is 32.1. The van der Waals surface area contributed by atoms with Crippen molar-refractivity contribution in [2.45, 2.75) is 6.92 Å². The van der Waals surface area contributed by atoms with Gasteiger partial charge in [-0.25, -0.2) is 0 Å². The van der Waals surface area contributed by atoms with Gasteiger partial charge in [-0.05, 0) is 19.1 Å². The first-order valence-corrected chi connectivity index (χ1v) is 4.89. The fourth-order valence-electron chi connectivity index (χ4n) is 0.987. The summed E-state index contributed by atoms with van der Waals surface area (Å²) >= 11 is 1.90. The van der Waals surface area contributed by atoms with Crippen molar-refractivity contribution in [3.05, 3.63) is 28.9 Å². The third kappa shape index (κ3) is 0.960. The minimum absolute atomic E-state index is 1.40. The van der Waals surface area contributed by atoms with Crippen LogP contribution >= 0.6 is 19.5 Å². The predicted octanol–water partition coefficient (Wildman–Crippen LogP) is 3.79. The van der Waals surface area contributed by atoms with Crippen molar-refractivity contribution in [3.8, 4) is 0 Å². The molecule has 10 heavy (non-hydrogen) atoms. The second kappa shape index (κ2) is 2.34. The highest BCUT2D eigenvalue weighted by molar-refractivity contribution is 7.49. The van der Waals surface area contributed by atoms with Crippen LogP contribution in [0.4, 0.5) is 0 Å². The zero-order chi connectivity index (χ0) is 6.97. The Balaban J connectivity index is 2.88. The quantitative estimate of drug-likeness (QED) is 0.558. The van der Waals surface area contributed by atoms with E-state index >= 15 is 0 Å². The fraction of sp³-hybridized carbons (Fsp3) is 0.125. The molecule has 0 bridgehead atoms. The van der Waals surface area contributed by atoms with Gasteiger partial charge in [0.1, 0.15) is 0 Å². The predicted molar refractivity (Wildman–Crippen MR) is 49.1 cm³/mol. The lowest BCUT2D eigenvalue weighted by Crippen LogP contribution is -1.53. The van der Waals surface area contributed by atoms with E-state index in [0.717, 1.165) is 0 Å². The normalized spacial score (nSPS) is 11.3. The first-order valence-electron chi connectivity index (χ1n) is 3.18. The average molecular weight is 166 g/mol. The van der Waals surface area contributed by atoms with Gasteiger partial charge in [0.2, 0.25) is 0 Å². The average Bonchev–Trinajstić information content (AvgIpc) is 2.27. The Morgan fingerprint density at radius 1 is 1.30 bits per heavy atom. The summed E-state index contributed by atoms with van der Waals surface area (Å²) in [5, 5.41) is 1.46. The number of benzene rings is 1. The van der Waals surface area contributed by atoms with Gasteiger partial charge in [0.15, 0.2) is 0 Å². The van der Waals surface area contributed by atoms with Gasteiger partial charge in [-0.1, -0.05) is 20.3 Å². The summed E-state index contributed by atoms with van der Waals surface area (Å²) in [5.41, 5.74) is 0. The molecule has 0 nitrogen and oxygen atoms in total. The Hall–Kier alpha value is -0.390.